The number of aliphatic imine (C=N–C) groups is 1. The molecule has 0 atom stereocenters. The first-order chi connectivity index (χ1) is 11.5. The number of ether oxygens (including phenoxy) is 2. The summed E-state index contributed by atoms with van der Waals surface area (Å²) in [6.07, 6.45) is 0. The maximum absolute atomic E-state index is 11.4. The molecule has 2 rings (SSSR count). The van der Waals surface area contributed by atoms with Gasteiger partial charge in [0, 0.05) is 13.1 Å². The lowest BCUT2D eigenvalue weighted by Gasteiger charge is -2.13. The fourth-order valence-corrected chi connectivity index (χ4v) is 2.19. The number of benzene rings is 1. The average Bonchev–Trinajstić information content (AvgIpc) is 2.91. The van der Waals surface area contributed by atoms with E-state index in [0.717, 1.165) is 10.5 Å². The Morgan fingerprint density at radius 2 is 2.08 bits per heavy atom. The van der Waals surface area contributed by atoms with E-state index in [1.54, 1.807) is 20.3 Å². The SMILES string of the molecule is COc1ccc(CN=C(N)NCCN2C(=O)CNC2=O)cc1OC. The van der Waals surface area contributed by atoms with Crippen LogP contribution in [0.25, 0.3) is 0 Å². The van der Waals surface area contributed by atoms with E-state index in [9.17, 15) is 9.59 Å². The van der Waals surface area contributed by atoms with E-state index in [4.69, 9.17) is 15.2 Å². The fraction of sp³-hybridized carbons (Fsp3) is 0.400. The minimum atomic E-state index is -0.386. The lowest BCUT2D eigenvalue weighted by atomic mass is 10.2. The second kappa shape index (κ2) is 8.04. The minimum absolute atomic E-state index is 0.0434. The number of amides is 3. The number of hydrogen-bond acceptors (Lipinski definition) is 5. The number of guanidine groups is 1. The van der Waals surface area contributed by atoms with E-state index in [0.29, 0.717) is 24.6 Å². The number of nitrogens with one attached hydrogen (secondary N) is 2. The van der Waals surface area contributed by atoms with Crippen LogP contribution in [-0.2, 0) is 11.3 Å². The molecule has 3 amide bonds. The zero-order valence-electron chi connectivity index (χ0n) is 13.7. The maximum Gasteiger partial charge on any atom is 0.324 e. The van der Waals surface area contributed by atoms with E-state index in [-0.39, 0.29) is 31.0 Å². The molecule has 1 heterocycles. The van der Waals surface area contributed by atoms with Crippen LogP contribution in [0.1, 0.15) is 5.56 Å². The second-order valence-corrected chi connectivity index (χ2v) is 5.02. The summed E-state index contributed by atoms with van der Waals surface area (Å²) in [4.78, 5) is 28.1. The zero-order valence-corrected chi connectivity index (χ0v) is 13.7. The van der Waals surface area contributed by atoms with Crippen LogP contribution in [0.5, 0.6) is 11.5 Å². The monoisotopic (exact) mass is 335 g/mol. The molecule has 0 aromatic heterocycles. The lowest BCUT2D eigenvalue weighted by molar-refractivity contribution is -0.124. The molecule has 1 aliphatic heterocycles. The van der Waals surface area contributed by atoms with Gasteiger partial charge in [0.1, 0.15) is 0 Å². The van der Waals surface area contributed by atoms with E-state index in [1.165, 1.54) is 0 Å². The Morgan fingerprint density at radius 1 is 1.33 bits per heavy atom. The minimum Gasteiger partial charge on any atom is -0.493 e. The van der Waals surface area contributed by atoms with Gasteiger partial charge in [-0.1, -0.05) is 6.07 Å². The van der Waals surface area contributed by atoms with Crippen molar-refractivity contribution >= 4 is 17.9 Å². The van der Waals surface area contributed by atoms with Crippen molar-refractivity contribution in [2.45, 2.75) is 6.54 Å². The van der Waals surface area contributed by atoms with Gasteiger partial charge in [0.2, 0.25) is 5.91 Å². The predicted molar refractivity (Wildman–Crippen MR) is 88.0 cm³/mol. The van der Waals surface area contributed by atoms with E-state index in [2.05, 4.69) is 15.6 Å². The number of carbonyl (C=O) groups is 2. The highest BCUT2D eigenvalue weighted by Crippen LogP contribution is 2.27. The van der Waals surface area contributed by atoms with Gasteiger partial charge in [-0.3, -0.25) is 9.69 Å². The normalized spacial score (nSPS) is 14.6. The molecule has 1 aliphatic rings. The Labute approximate surface area is 139 Å². The van der Waals surface area contributed by atoms with Crippen LogP contribution in [0.4, 0.5) is 4.79 Å². The Kier molecular flexibility index (Phi) is 5.83. The fourth-order valence-electron chi connectivity index (χ4n) is 2.19. The van der Waals surface area contributed by atoms with Gasteiger partial charge >= 0.3 is 6.03 Å². The van der Waals surface area contributed by atoms with Gasteiger partial charge in [-0.05, 0) is 17.7 Å². The Morgan fingerprint density at radius 3 is 2.71 bits per heavy atom. The highest BCUT2D eigenvalue weighted by Gasteiger charge is 2.27. The molecule has 9 heteroatoms. The van der Waals surface area contributed by atoms with Crippen molar-refractivity contribution in [1.29, 1.82) is 0 Å². The van der Waals surface area contributed by atoms with E-state index in [1.807, 2.05) is 12.1 Å². The molecule has 0 aliphatic carbocycles. The van der Waals surface area contributed by atoms with Crippen LogP contribution >= 0.6 is 0 Å². The molecular formula is C15H21N5O4. The van der Waals surface area contributed by atoms with Crippen LogP contribution in [0.15, 0.2) is 23.2 Å². The Hall–Kier alpha value is -2.97. The molecule has 0 radical (unpaired) electrons. The summed E-state index contributed by atoms with van der Waals surface area (Å²) in [6.45, 7) is 0.974. The molecular weight excluding hydrogens is 314 g/mol. The van der Waals surface area contributed by atoms with Gasteiger partial charge in [-0.25, -0.2) is 9.79 Å². The largest absolute Gasteiger partial charge is 0.493 e. The molecule has 0 unspecified atom stereocenters. The van der Waals surface area contributed by atoms with Crippen molar-refractivity contribution in [3.05, 3.63) is 23.8 Å². The summed E-state index contributed by atoms with van der Waals surface area (Å²) in [7, 11) is 3.14. The van der Waals surface area contributed by atoms with Crippen LogP contribution in [0.2, 0.25) is 0 Å². The maximum atomic E-state index is 11.4. The zero-order chi connectivity index (χ0) is 17.5. The van der Waals surface area contributed by atoms with E-state index < -0.39 is 0 Å². The summed E-state index contributed by atoms with van der Waals surface area (Å²) in [6, 6.07) is 5.10. The topological polar surface area (TPSA) is 118 Å². The molecule has 9 nitrogen and oxygen atoms in total. The third kappa shape index (κ3) is 4.28. The summed E-state index contributed by atoms with van der Waals surface area (Å²) in [5, 5.41) is 5.32. The molecule has 4 N–H and O–H groups in total. The molecule has 1 aromatic carbocycles. The number of nitrogens with two attached hydrogens (primary N) is 1. The van der Waals surface area contributed by atoms with Gasteiger partial charge in [0.25, 0.3) is 0 Å². The number of carbonyl (C=O) groups excluding carboxylic acids is 2. The Bertz CT molecular complexity index is 631. The third-order valence-electron chi connectivity index (χ3n) is 3.46. The predicted octanol–water partition coefficient (Wildman–Crippen LogP) is -0.340. The van der Waals surface area contributed by atoms with Crippen LogP contribution in [0.3, 0.4) is 0 Å². The number of nitrogens with zero attached hydrogens (tertiary/aromatic N) is 2. The summed E-state index contributed by atoms with van der Waals surface area (Å²) in [5.74, 6) is 1.25. The number of rotatable bonds is 7. The molecule has 0 saturated carbocycles. The molecule has 24 heavy (non-hydrogen) atoms. The Balaban J connectivity index is 1.83. The molecule has 1 aromatic rings. The third-order valence-corrected chi connectivity index (χ3v) is 3.46. The quantitative estimate of drug-likeness (QED) is 0.356. The van der Waals surface area contributed by atoms with Gasteiger partial charge in [0.15, 0.2) is 17.5 Å². The molecule has 0 bridgehead atoms. The standard InChI is InChI=1S/C15H21N5O4/c1-23-11-4-3-10(7-12(11)24-2)8-18-14(16)17-5-6-20-13(21)9-19-15(20)22/h3-4,7H,5-6,8-9H2,1-2H3,(H,19,22)(H3,16,17,18). The summed E-state index contributed by atoms with van der Waals surface area (Å²) in [5.41, 5.74) is 6.69. The van der Waals surface area contributed by atoms with Crippen molar-refractivity contribution in [2.24, 2.45) is 10.7 Å². The van der Waals surface area contributed by atoms with Gasteiger partial charge in [0.05, 0.1) is 27.3 Å². The smallest absolute Gasteiger partial charge is 0.324 e. The van der Waals surface area contributed by atoms with Crippen molar-refractivity contribution in [3.63, 3.8) is 0 Å². The van der Waals surface area contributed by atoms with Gasteiger partial charge < -0.3 is 25.8 Å². The van der Waals surface area contributed by atoms with Crippen molar-refractivity contribution in [2.75, 3.05) is 33.9 Å². The molecule has 0 spiro atoms. The van der Waals surface area contributed by atoms with Crippen molar-refractivity contribution < 1.29 is 19.1 Å². The van der Waals surface area contributed by atoms with Crippen LogP contribution in [-0.4, -0.2) is 56.7 Å². The molecule has 1 fully saturated rings. The number of urea groups is 1. The number of methoxy groups -OCH3 is 2. The van der Waals surface area contributed by atoms with Gasteiger partial charge in [-0.15, -0.1) is 0 Å². The average molecular weight is 335 g/mol. The van der Waals surface area contributed by atoms with Crippen LogP contribution in [0, 0.1) is 0 Å². The second-order valence-electron chi connectivity index (χ2n) is 5.02. The first kappa shape index (κ1) is 17.4. The first-order valence-electron chi connectivity index (χ1n) is 7.38. The first-order valence-corrected chi connectivity index (χ1v) is 7.38. The van der Waals surface area contributed by atoms with Crippen LogP contribution < -0.4 is 25.8 Å². The molecule has 1 saturated heterocycles. The van der Waals surface area contributed by atoms with Crippen molar-refractivity contribution in [1.82, 2.24) is 15.5 Å². The van der Waals surface area contributed by atoms with E-state index >= 15 is 0 Å². The molecule has 130 valence electrons. The highest BCUT2D eigenvalue weighted by molar-refractivity contribution is 6.01. The lowest BCUT2D eigenvalue weighted by Crippen LogP contribution is -2.41. The summed E-state index contributed by atoms with van der Waals surface area (Å²) < 4.78 is 10.4. The number of imide groups is 1. The number of hydrogen-bond donors (Lipinski definition) is 3. The summed E-state index contributed by atoms with van der Waals surface area (Å²) >= 11 is 0. The van der Waals surface area contributed by atoms with Crippen molar-refractivity contribution in [3.8, 4) is 11.5 Å². The highest BCUT2D eigenvalue weighted by atomic mass is 16.5. The van der Waals surface area contributed by atoms with Gasteiger partial charge in [-0.2, -0.15) is 0 Å².